The van der Waals surface area contributed by atoms with Crippen molar-refractivity contribution in [1.29, 1.82) is 0 Å². The summed E-state index contributed by atoms with van der Waals surface area (Å²) in [7, 11) is 1.70. The molecule has 0 aliphatic heterocycles. The van der Waals surface area contributed by atoms with E-state index in [9.17, 15) is 5.11 Å². The van der Waals surface area contributed by atoms with Gasteiger partial charge in [0.25, 0.3) is 0 Å². The lowest BCUT2D eigenvalue weighted by molar-refractivity contribution is 0.178. The van der Waals surface area contributed by atoms with E-state index in [1.54, 1.807) is 14.0 Å². The van der Waals surface area contributed by atoms with E-state index >= 15 is 0 Å². The molecule has 3 heteroatoms. The lowest BCUT2D eigenvalue weighted by atomic mass is 10.1. The summed E-state index contributed by atoms with van der Waals surface area (Å²) in [5, 5.41) is 9.55. The van der Waals surface area contributed by atoms with Crippen molar-refractivity contribution >= 4 is 0 Å². The van der Waals surface area contributed by atoms with Gasteiger partial charge in [0.05, 0.1) is 12.7 Å². The maximum absolute atomic E-state index is 9.55. The Balaban J connectivity index is 2.41. The van der Waals surface area contributed by atoms with Gasteiger partial charge in [-0.1, -0.05) is 18.2 Å². The Morgan fingerprint density at radius 3 is 2.56 bits per heavy atom. The minimum absolute atomic E-state index is 0.491. The highest BCUT2D eigenvalue weighted by atomic mass is 16.5. The van der Waals surface area contributed by atoms with Crippen molar-refractivity contribution in [2.75, 3.05) is 20.3 Å². The lowest BCUT2D eigenvalue weighted by Gasteiger charge is -2.12. The van der Waals surface area contributed by atoms with E-state index in [1.807, 2.05) is 24.3 Å². The maximum atomic E-state index is 9.55. The molecule has 1 rings (SSSR count). The van der Waals surface area contributed by atoms with E-state index in [1.165, 1.54) is 0 Å². The van der Waals surface area contributed by atoms with Crippen LogP contribution in [-0.4, -0.2) is 25.4 Å². The lowest BCUT2D eigenvalue weighted by Crippen LogP contribution is -2.03. The van der Waals surface area contributed by atoms with E-state index in [4.69, 9.17) is 9.47 Å². The van der Waals surface area contributed by atoms with E-state index in [0.717, 1.165) is 30.8 Å². The summed E-state index contributed by atoms with van der Waals surface area (Å²) in [5.41, 5.74) is 0.842. The summed E-state index contributed by atoms with van der Waals surface area (Å²) in [6.07, 6.45) is 1.46. The number of benzene rings is 1. The molecule has 0 fully saturated rings. The largest absolute Gasteiger partial charge is 0.493 e. The highest BCUT2D eigenvalue weighted by Crippen LogP contribution is 2.24. The van der Waals surface area contributed by atoms with Crippen molar-refractivity contribution in [2.45, 2.75) is 25.9 Å². The third kappa shape index (κ3) is 4.21. The van der Waals surface area contributed by atoms with E-state index < -0.39 is 6.10 Å². The summed E-state index contributed by atoms with van der Waals surface area (Å²) < 4.78 is 10.6. The van der Waals surface area contributed by atoms with Gasteiger partial charge in [-0.2, -0.15) is 0 Å². The molecule has 3 nitrogen and oxygen atoms in total. The van der Waals surface area contributed by atoms with E-state index in [2.05, 4.69) is 0 Å². The molecule has 0 aliphatic rings. The molecule has 1 atom stereocenters. The average molecular weight is 224 g/mol. The Kier molecular flexibility index (Phi) is 5.90. The van der Waals surface area contributed by atoms with Crippen LogP contribution in [0.25, 0.3) is 0 Å². The summed E-state index contributed by atoms with van der Waals surface area (Å²) >= 11 is 0. The third-order valence-corrected chi connectivity index (χ3v) is 2.37. The predicted octanol–water partition coefficient (Wildman–Crippen LogP) is 2.55. The SMILES string of the molecule is COCCCCOc1ccccc1C(C)O. The fraction of sp³-hybridized carbons (Fsp3) is 0.538. The van der Waals surface area contributed by atoms with E-state index in [-0.39, 0.29) is 0 Å². The molecule has 0 radical (unpaired) electrons. The second-order valence-corrected chi connectivity index (χ2v) is 3.76. The molecule has 0 saturated carbocycles. The van der Waals surface area contributed by atoms with Crippen LogP contribution < -0.4 is 4.74 Å². The first-order chi connectivity index (χ1) is 7.75. The minimum Gasteiger partial charge on any atom is -0.493 e. The molecule has 1 aromatic rings. The zero-order valence-corrected chi connectivity index (χ0v) is 9.98. The van der Waals surface area contributed by atoms with Gasteiger partial charge in [-0.25, -0.2) is 0 Å². The topological polar surface area (TPSA) is 38.7 Å². The first kappa shape index (κ1) is 13.0. The second kappa shape index (κ2) is 7.25. The monoisotopic (exact) mass is 224 g/mol. The molecule has 1 N–H and O–H groups in total. The summed E-state index contributed by atoms with van der Waals surface area (Å²) in [6, 6.07) is 7.59. The first-order valence-electron chi connectivity index (χ1n) is 5.64. The van der Waals surface area contributed by atoms with E-state index in [0.29, 0.717) is 6.61 Å². The molecular weight excluding hydrogens is 204 g/mol. The molecule has 0 aromatic heterocycles. The van der Waals surface area contributed by atoms with Crippen LogP contribution in [0.15, 0.2) is 24.3 Å². The van der Waals surface area contributed by atoms with Gasteiger partial charge in [0.1, 0.15) is 5.75 Å². The molecule has 0 heterocycles. The van der Waals surface area contributed by atoms with Crippen LogP contribution in [0.3, 0.4) is 0 Å². The molecule has 1 unspecified atom stereocenters. The number of rotatable bonds is 7. The number of unbranched alkanes of at least 4 members (excludes halogenated alkanes) is 1. The fourth-order valence-corrected chi connectivity index (χ4v) is 1.49. The molecule has 0 bridgehead atoms. The highest BCUT2D eigenvalue weighted by Gasteiger charge is 2.07. The smallest absolute Gasteiger partial charge is 0.125 e. The molecule has 0 amide bonds. The van der Waals surface area contributed by atoms with Gasteiger partial charge in [-0.05, 0) is 25.8 Å². The standard InChI is InChI=1S/C13H20O3/c1-11(14)12-7-3-4-8-13(12)16-10-6-5-9-15-2/h3-4,7-8,11,14H,5-6,9-10H2,1-2H3. The summed E-state index contributed by atoms with van der Waals surface area (Å²) in [4.78, 5) is 0. The third-order valence-electron chi connectivity index (χ3n) is 2.37. The van der Waals surface area contributed by atoms with Gasteiger partial charge in [-0.15, -0.1) is 0 Å². The number of aliphatic hydroxyl groups is 1. The zero-order chi connectivity index (χ0) is 11.8. The number of aliphatic hydroxyl groups excluding tert-OH is 1. The number of para-hydroxylation sites is 1. The van der Waals surface area contributed by atoms with Gasteiger partial charge in [-0.3, -0.25) is 0 Å². The quantitative estimate of drug-likeness (QED) is 0.723. The van der Waals surface area contributed by atoms with Crippen LogP contribution in [0, 0.1) is 0 Å². The van der Waals surface area contributed by atoms with Crippen LogP contribution >= 0.6 is 0 Å². The van der Waals surface area contributed by atoms with Crippen LogP contribution in [0.1, 0.15) is 31.4 Å². The molecule has 0 aliphatic carbocycles. The zero-order valence-electron chi connectivity index (χ0n) is 9.98. The van der Waals surface area contributed by atoms with Crippen molar-refractivity contribution in [2.24, 2.45) is 0 Å². The van der Waals surface area contributed by atoms with Crippen LogP contribution in [0.4, 0.5) is 0 Å². The first-order valence-corrected chi connectivity index (χ1v) is 5.64. The molecule has 16 heavy (non-hydrogen) atoms. The van der Waals surface area contributed by atoms with Gasteiger partial charge >= 0.3 is 0 Å². The van der Waals surface area contributed by atoms with Crippen molar-refractivity contribution in [3.8, 4) is 5.75 Å². The molecule has 1 aromatic carbocycles. The van der Waals surface area contributed by atoms with Gasteiger partial charge in [0.15, 0.2) is 0 Å². The average Bonchev–Trinajstić information content (AvgIpc) is 2.29. The van der Waals surface area contributed by atoms with Crippen LogP contribution in [0.5, 0.6) is 5.75 Å². The number of hydrogen-bond donors (Lipinski definition) is 1. The maximum Gasteiger partial charge on any atom is 0.125 e. The van der Waals surface area contributed by atoms with Crippen molar-refractivity contribution in [3.05, 3.63) is 29.8 Å². The van der Waals surface area contributed by atoms with Crippen LogP contribution in [-0.2, 0) is 4.74 Å². The Morgan fingerprint density at radius 2 is 1.88 bits per heavy atom. The summed E-state index contributed by atoms with van der Waals surface area (Å²) in [5.74, 6) is 0.773. The Morgan fingerprint density at radius 1 is 1.19 bits per heavy atom. The van der Waals surface area contributed by atoms with Gasteiger partial charge in [0.2, 0.25) is 0 Å². The molecule has 0 spiro atoms. The number of ether oxygens (including phenoxy) is 2. The number of methoxy groups -OCH3 is 1. The Labute approximate surface area is 97.0 Å². The molecule has 0 saturated heterocycles. The van der Waals surface area contributed by atoms with Crippen LogP contribution in [0.2, 0.25) is 0 Å². The predicted molar refractivity (Wildman–Crippen MR) is 63.7 cm³/mol. The summed E-state index contributed by atoms with van der Waals surface area (Å²) in [6.45, 7) is 3.17. The van der Waals surface area contributed by atoms with Crippen molar-refractivity contribution in [3.63, 3.8) is 0 Å². The molecule has 90 valence electrons. The van der Waals surface area contributed by atoms with Gasteiger partial charge in [0, 0.05) is 19.3 Å². The Bertz CT molecular complexity index is 297. The van der Waals surface area contributed by atoms with Crippen molar-refractivity contribution < 1.29 is 14.6 Å². The van der Waals surface area contributed by atoms with Gasteiger partial charge < -0.3 is 14.6 Å². The normalized spacial score (nSPS) is 12.4. The Hall–Kier alpha value is -1.06. The number of hydrogen-bond acceptors (Lipinski definition) is 3. The fourth-order valence-electron chi connectivity index (χ4n) is 1.49. The highest BCUT2D eigenvalue weighted by molar-refractivity contribution is 5.34. The van der Waals surface area contributed by atoms with Crippen molar-refractivity contribution in [1.82, 2.24) is 0 Å². The minimum atomic E-state index is -0.491. The second-order valence-electron chi connectivity index (χ2n) is 3.76. The molecular formula is C13H20O3.